The largest absolute Gasteiger partial charge is 0.207 e. The van der Waals surface area contributed by atoms with Crippen LogP contribution in [0.25, 0.3) is 33.0 Å². The normalized spacial score (nSPS) is 11.0. The molecule has 4 rings (SSSR count). The van der Waals surface area contributed by atoms with Crippen LogP contribution in [0, 0.1) is 11.6 Å². The molecule has 0 nitrogen and oxygen atoms in total. The van der Waals surface area contributed by atoms with Crippen molar-refractivity contribution >= 4 is 10.8 Å². The number of fused-ring (bicyclic) bond motifs is 1. The second-order valence-electron chi connectivity index (χ2n) is 6.49. The minimum atomic E-state index is -0.565. The van der Waals surface area contributed by atoms with E-state index < -0.39 is 11.6 Å². The number of hydrogen-bond acceptors (Lipinski definition) is 0. The third-order valence-electron chi connectivity index (χ3n) is 4.73. The smallest absolute Gasteiger partial charge is 0.126 e. The van der Waals surface area contributed by atoms with E-state index in [0.717, 1.165) is 29.2 Å². The second kappa shape index (κ2) is 6.72. The predicted molar refractivity (Wildman–Crippen MR) is 104 cm³/mol. The summed E-state index contributed by atoms with van der Waals surface area (Å²) in [5.74, 6) is -1.13. The van der Waals surface area contributed by atoms with Crippen LogP contribution in [0.15, 0.2) is 78.9 Å². The SMILES string of the molecule is CCc1ccc2cc(-c3ccc(-c4cc(F)cc(F)c4)cc3)ccc2c1. The van der Waals surface area contributed by atoms with Gasteiger partial charge in [0.25, 0.3) is 0 Å². The van der Waals surface area contributed by atoms with Gasteiger partial charge in [0, 0.05) is 6.07 Å². The highest BCUT2D eigenvalue weighted by molar-refractivity contribution is 5.88. The van der Waals surface area contributed by atoms with Crippen molar-refractivity contribution < 1.29 is 8.78 Å². The van der Waals surface area contributed by atoms with Crippen molar-refractivity contribution in [2.24, 2.45) is 0 Å². The lowest BCUT2D eigenvalue weighted by atomic mass is 9.97. The van der Waals surface area contributed by atoms with Gasteiger partial charge in [-0.05, 0) is 63.2 Å². The molecule has 0 unspecified atom stereocenters. The number of aryl methyl sites for hydroxylation is 1. The summed E-state index contributed by atoms with van der Waals surface area (Å²) >= 11 is 0. The average Bonchev–Trinajstić information content (AvgIpc) is 2.66. The van der Waals surface area contributed by atoms with Crippen molar-refractivity contribution in [1.82, 2.24) is 0 Å². The highest BCUT2D eigenvalue weighted by atomic mass is 19.1. The Bertz CT molecular complexity index is 1060. The Labute approximate surface area is 151 Å². The molecule has 0 atom stereocenters. The summed E-state index contributed by atoms with van der Waals surface area (Å²) in [6.07, 6.45) is 1.03. The van der Waals surface area contributed by atoms with E-state index in [0.29, 0.717) is 5.56 Å². The lowest BCUT2D eigenvalue weighted by molar-refractivity contribution is 0.584. The van der Waals surface area contributed by atoms with Crippen molar-refractivity contribution in [2.45, 2.75) is 13.3 Å². The van der Waals surface area contributed by atoms with Crippen LogP contribution in [0.5, 0.6) is 0 Å². The van der Waals surface area contributed by atoms with Crippen molar-refractivity contribution in [3.63, 3.8) is 0 Å². The van der Waals surface area contributed by atoms with E-state index in [4.69, 9.17) is 0 Å². The minimum absolute atomic E-state index is 0.541. The van der Waals surface area contributed by atoms with Crippen molar-refractivity contribution in [3.05, 3.63) is 96.1 Å². The summed E-state index contributed by atoms with van der Waals surface area (Å²) in [7, 11) is 0. The van der Waals surface area contributed by atoms with Gasteiger partial charge in [-0.15, -0.1) is 0 Å². The molecule has 0 saturated heterocycles. The van der Waals surface area contributed by atoms with Gasteiger partial charge in [-0.25, -0.2) is 8.78 Å². The monoisotopic (exact) mass is 344 g/mol. The summed E-state index contributed by atoms with van der Waals surface area (Å²) in [6.45, 7) is 2.15. The molecule has 0 amide bonds. The zero-order valence-corrected chi connectivity index (χ0v) is 14.5. The van der Waals surface area contributed by atoms with Crippen LogP contribution in [-0.4, -0.2) is 0 Å². The predicted octanol–water partition coefficient (Wildman–Crippen LogP) is 7.01. The highest BCUT2D eigenvalue weighted by Gasteiger charge is 2.05. The zero-order valence-electron chi connectivity index (χ0n) is 14.5. The Kier molecular flexibility index (Phi) is 4.26. The molecule has 0 radical (unpaired) electrons. The van der Waals surface area contributed by atoms with E-state index in [1.165, 1.54) is 28.5 Å². The van der Waals surface area contributed by atoms with Gasteiger partial charge in [0.1, 0.15) is 11.6 Å². The van der Waals surface area contributed by atoms with Gasteiger partial charge >= 0.3 is 0 Å². The summed E-state index contributed by atoms with van der Waals surface area (Å²) < 4.78 is 26.8. The first-order chi connectivity index (χ1) is 12.6. The number of rotatable bonds is 3. The van der Waals surface area contributed by atoms with E-state index in [9.17, 15) is 8.78 Å². The maximum Gasteiger partial charge on any atom is 0.126 e. The fourth-order valence-electron chi connectivity index (χ4n) is 3.27. The second-order valence-corrected chi connectivity index (χ2v) is 6.49. The molecule has 128 valence electrons. The summed E-state index contributed by atoms with van der Waals surface area (Å²) in [4.78, 5) is 0. The van der Waals surface area contributed by atoms with Gasteiger partial charge in [-0.1, -0.05) is 61.5 Å². The Morgan fingerprint density at radius 2 is 1.08 bits per heavy atom. The molecule has 2 heteroatoms. The molecule has 0 aromatic heterocycles. The first-order valence-corrected chi connectivity index (χ1v) is 8.72. The van der Waals surface area contributed by atoms with Crippen LogP contribution < -0.4 is 0 Å². The molecular weight excluding hydrogens is 326 g/mol. The van der Waals surface area contributed by atoms with Crippen LogP contribution in [-0.2, 0) is 6.42 Å². The number of benzene rings is 4. The topological polar surface area (TPSA) is 0 Å². The van der Waals surface area contributed by atoms with Gasteiger partial charge < -0.3 is 0 Å². The van der Waals surface area contributed by atoms with Crippen LogP contribution in [0.2, 0.25) is 0 Å². The van der Waals surface area contributed by atoms with Gasteiger partial charge in [0.05, 0.1) is 0 Å². The Balaban J connectivity index is 1.69. The molecule has 0 aliphatic heterocycles. The van der Waals surface area contributed by atoms with Crippen molar-refractivity contribution in [3.8, 4) is 22.3 Å². The molecule has 4 aromatic rings. The summed E-state index contributed by atoms with van der Waals surface area (Å²) in [5, 5.41) is 2.44. The Morgan fingerprint density at radius 3 is 1.73 bits per heavy atom. The van der Waals surface area contributed by atoms with Crippen LogP contribution in [0.3, 0.4) is 0 Å². The lowest BCUT2D eigenvalue weighted by Crippen LogP contribution is -1.85. The van der Waals surface area contributed by atoms with E-state index in [1.54, 1.807) is 0 Å². The first-order valence-electron chi connectivity index (χ1n) is 8.72. The van der Waals surface area contributed by atoms with Crippen molar-refractivity contribution in [1.29, 1.82) is 0 Å². The quantitative estimate of drug-likeness (QED) is 0.375. The molecule has 0 aliphatic rings. The summed E-state index contributed by atoms with van der Waals surface area (Å²) in [5.41, 5.74) is 4.86. The molecule has 0 bridgehead atoms. The molecule has 0 fully saturated rings. The fraction of sp³-hybridized carbons (Fsp3) is 0.0833. The summed E-state index contributed by atoms with van der Waals surface area (Å²) in [6, 6.07) is 24.3. The van der Waals surface area contributed by atoms with E-state index >= 15 is 0 Å². The fourth-order valence-corrected chi connectivity index (χ4v) is 3.27. The molecule has 0 heterocycles. The minimum Gasteiger partial charge on any atom is -0.207 e. The van der Waals surface area contributed by atoms with Crippen LogP contribution >= 0.6 is 0 Å². The molecule has 26 heavy (non-hydrogen) atoms. The molecule has 4 aromatic carbocycles. The molecular formula is C24H18F2. The van der Waals surface area contributed by atoms with Gasteiger partial charge in [-0.2, -0.15) is 0 Å². The zero-order chi connectivity index (χ0) is 18.1. The lowest BCUT2D eigenvalue weighted by Gasteiger charge is -2.08. The van der Waals surface area contributed by atoms with E-state index in [1.807, 2.05) is 24.3 Å². The van der Waals surface area contributed by atoms with E-state index in [-0.39, 0.29) is 0 Å². The molecule has 0 aliphatic carbocycles. The maximum absolute atomic E-state index is 13.4. The average molecular weight is 344 g/mol. The first kappa shape index (κ1) is 16.5. The van der Waals surface area contributed by atoms with Crippen molar-refractivity contribution in [2.75, 3.05) is 0 Å². The number of halogens is 2. The maximum atomic E-state index is 13.4. The van der Waals surface area contributed by atoms with Crippen LogP contribution in [0.1, 0.15) is 12.5 Å². The molecule has 0 N–H and O–H groups in total. The van der Waals surface area contributed by atoms with Gasteiger partial charge in [-0.3, -0.25) is 0 Å². The number of hydrogen-bond donors (Lipinski definition) is 0. The Morgan fingerprint density at radius 1 is 0.538 bits per heavy atom. The van der Waals surface area contributed by atoms with E-state index in [2.05, 4.69) is 43.3 Å². The van der Waals surface area contributed by atoms with Gasteiger partial charge in [0.2, 0.25) is 0 Å². The van der Waals surface area contributed by atoms with Crippen LogP contribution in [0.4, 0.5) is 8.78 Å². The third kappa shape index (κ3) is 3.23. The standard InChI is InChI=1S/C24H18F2/c1-2-16-3-4-21-12-20(10-9-19(21)11-16)17-5-7-18(8-6-17)22-13-23(25)15-24(26)14-22/h3-15H,2H2,1H3. The Hall–Kier alpha value is -3.00. The molecule has 0 spiro atoms. The third-order valence-corrected chi connectivity index (χ3v) is 4.73. The highest BCUT2D eigenvalue weighted by Crippen LogP contribution is 2.28. The van der Waals surface area contributed by atoms with Gasteiger partial charge in [0.15, 0.2) is 0 Å². The molecule has 0 saturated carbocycles.